The average molecular weight is 173 g/mol. The van der Waals surface area contributed by atoms with Crippen LogP contribution in [0.25, 0.3) is 0 Å². The van der Waals surface area contributed by atoms with Crippen molar-refractivity contribution in [3.63, 3.8) is 0 Å². The highest BCUT2D eigenvalue weighted by molar-refractivity contribution is 5.86. The molecule has 12 heavy (non-hydrogen) atoms. The molecule has 1 amide bonds. The fraction of sp³-hybridized carbons (Fsp3) is 0.857. The lowest BCUT2D eigenvalue weighted by molar-refractivity contribution is -0.126. The van der Waals surface area contributed by atoms with Gasteiger partial charge in [-0.3, -0.25) is 4.79 Å². The van der Waals surface area contributed by atoms with Gasteiger partial charge < -0.3 is 21.5 Å². The second-order valence-electron chi connectivity index (χ2n) is 3.00. The summed E-state index contributed by atoms with van der Waals surface area (Å²) in [5.74, 6) is -0.162. The molecule has 5 heteroatoms. The summed E-state index contributed by atoms with van der Waals surface area (Å²) < 4.78 is 5.04. The predicted octanol–water partition coefficient (Wildman–Crippen LogP) is -1.82. The molecular formula is C7H15N3O2. The topological polar surface area (TPSA) is 90.4 Å². The number of nitrogens with two attached hydrogens (primary N) is 2. The fourth-order valence-corrected chi connectivity index (χ4v) is 1.12. The molecule has 0 spiro atoms. The Balaban J connectivity index is 2.39. The molecule has 0 bridgehead atoms. The Bertz CT molecular complexity index is 166. The van der Waals surface area contributed by atoms with Crippen molar-refractivity contribution in [3.05, 3.63) is 0 Å². The molecule has 0 radical (unpaired) electrons. The molecule has 1 rings (SSSR count). The second kappa shape index (κ2) is 3.84. The molecule has 1 unspecified atom stereocenters. The zero-order chi connectivity index (χ0) is 9.03. The van der Waals surface area contributed by atoms with Crippen LogP contribution in [0, 0.1) is 0 Å². The van der Waals surface area contributed by atoms with Crippen LogP contribution < -0.4 is 16.8 Å². The molecule has 1 aliphatic rings. The smallest absolute Gasteiger partial charge is 0.242 e. The van der Waals surface area contributed by atoms with Gasteiger partial charge in [-0.2, -0.15) is 0 Å². The molecule has 0 aliphatic carbocycles. The van der Waals surface area contributed by atoms with Crippen LogP contribution in [0.4, 0.5) is 0 Å². The van der Waals surface area contributed by atoms with Gasteiger partial charge in [0.25, 0.3) is 0 Å². The van der Waals surface area contributed by atoms with E-state index in [0.29, 0.717) is 32.7 Å². The number of ether oxygens (including phenoxy) is 1. The zero-order valence-electron chi connectivity index (χ0n) is 7.01. The van der Waals surface area contributed by atoms with Crippen LogP contribution in [0.1, 0.15) is 6.42 Å². The Hall–Kier alpha value is -0.650. The summed E-state index contributed by atoms with van der Waals surface area (Å²) in [7, 11) is 0. The van der Waals surface area contributed by atoms with Gasteiger partial charge in [-0.25, -0.2) is 0 Å². The van der Waals surface area contributed by atoms with Gasteiger partial charge >= 0.3 is 0 Å². The minimum atomic E-state index is -0.824. The van der Waals surface area contributed by atoms with E-state index in [1.165, 1.54) is 0 Å². The number of carbonyl (C=O) groups excluding carboxylic acids is 1. The van der Waals surface area contributed by atoms with E-state index >= 15 is 0 Å². The summed E-state index contributed by atoms with van der Waals surface area (Å²) in [6.45, 7) is 1.77. The minimum Gasteiger partial charge on any atom is -0.379 e. The molecule has 1 aliphatic heterocycles. The van der Waals surface area contributed by atoms with Crippen molar-refractivity contribution in [2.24, 2.45) is 11.5 Å². The van der Waals surface area contributed by atoms with E-state index in [-0.39, 0.29) is 5.91 Å². The number of hydrogen-bond donors (Lipinski definition) is 3. The van der Waals surface area contributed by atoms with Crippen molar-refractivity contribution in [2.75, 3.05) is 26.3 Å². The highest BCUT2D eigenvalue weighted by atomic mass is 16.5. The third-order valence-electron chi connectivity index (χ3n) is 1.93. The van der Waals surface area contributed by atoms with E-state index in [2.05, 4.69) is 5.32 Å². The molecule has 0 aromatic heterocycles. The quantitative estimate of drug-likeness (QED) is 0.468. The number of rotatable bonds is 3. The van der Waals surface area contributed by atoms with E-state index in [1.54, 1.807) is 0 Å². The van der Waals surface area contributed by atoms with Gasteiger partial charge in [0.15, 0.2) is 0 Å². The lowest BCUT2D eigenvalue weighted by atomic mass is 9.99. The molecule has 5 N–H and O–H groups in total. The summed E-state index contributed by atoms with van der Waals surface area (Å²) in [5.41, 5.74) is 10.2. The van der Waals surface area contributed by atoms with Gasteiger partial charge in [0, 0.05) is 19.7 Å². The molecule has 0 aromatic carbocycles. The van der Waals surface area contributed by atoms with Crippen LogP contribution in [0.5, 0.6) is 0 Å². The average Bonchev–Trinajstić information content (AvgIpc) is 2.49. The highest BCUT2D eigenvalue weighted by Crippen LogP contribution is 2.14. The van der Waals surface area contributed by atoms with Crippen molar-refractivity contribution in [2.45, 2.75) is 12.0 Å². The normalized spacial score (nSPS) is 28.8. The monoisotopic (exact) mass is 173 g/mol. The number of nitrogens with one attached hydrogen (secondary N) is 1. The molecule has 1 heterocycles. The lowest BCUT2D eigenvalue weighted by Crippen LogP contribution is -2.55. The maximum atomic E-state index is 11.4. The molecule has 0 aromatic rings. The maximum Gasteiger partial charge on any atom is 0.242 e. The third-order valence-corrected chi connectivity index (χ3v) is 1.93. The Labute approximate surface area is 71.4 Å². The van der Waals surface area contributed by atoms with Gasteiger partial charge in [-0.1, -0.05) is 0 Å². The summed E-state index contributed by atoms with van der Waals surface area (Å²) in [6, 6.07) is 0. The maximum absolute atomic E-state index is 11.4. The van der Waals surface area contributed by atoms with Gasteiger partial charge in [0.2, 0.25) is 5.91 Å². The third kappa shape index (κ3) is 1.94. The fourth-order valence-electron chi connectivity index (χ4n) is 1.12. The summed E-state index contributed by atoms with van der Waals surface area (Å²) >= 11 is 0. The van der Waals surface area contributed by atoms with Crippen LogP contribution >= 0.6 is 0 Å². The number of carbonyl (C=O) groups is 1. The molecule has 70 valence electrons. The Kier molecular flexibility index (Phi) is 3.02. The number of amides is 1. The van der Waals surface area contributed by atoms with Gasteiger partial charge in [0.05, 0.1) is 6.61 Å². The molecule has 1 fully saturated rings. The first kappa shape index (κ1) is 9.44. The summed E-state index contributed by atoms with van der Waals surface area (Å²) in [4.78, 5) is 11.4. The minimum absolute atomic E-state index is 0.162. The van der Waals surface area contributed by atoms with Crippen LogP contribution in [0.3, 0.4) is 0 Å². The van der Waals surface area contributed by atoms with E-state index in [4.69, 9.17) is 16.2 Å². The Morgan fingerprint density at radius 1 is 1.67 bits per heavy atom. The zero-order valence-corrected chi connectivity index (χ0v) is 7.01. The van der Waals surface area contributed by atoms with Crippen LogP contribution in [0.15, 0.2) is 0 Å². The first-order chi connectivity index (χ1) is 5.69. The highest BCUT2D eigenvalue weighted by Gasteiger charge is 2.37. The first-order valence-electron chi connectivity index (χ1n) is 4.04. The van der Waals surface area contributed by atoms with Crippen LogP contribution in [-0.4, -0.2) is 37.7 Å². The Morgan fingerprint density at radius 2 is 2.42 bits per heavy atom. The molecule has 1 atom stereocenters. The Morgan fingerprint density at radius 3 is 2.92 bits per heavy atom. The first-order valence-corrected chi connectivity index (χ1v) is 4.04. The lowest BCUT2D eigenvalue weighted by Gasteiger charge is -2.20. The SMILES string of the molecule is NCCNC(=O)C1(N)CCOC1. The van der Waals surface area contributed by atoms with E-state index in [0.717, 1.165) is 0 Å². The van der Waals surface area contributed by atoms with Crippen molar-refractivity contribution >= 4 is 5.91 Å². The summed E-state index contributed by atoms with van der Waals surface area (Å²) in [6.07, 6.45) is 0.587. The van der Waals surface area contributed by atoms with Gasteiger partial charge in [-0.15, -0.1) is 0 Å². The van der Waals surface area contributed by atoms with Crippen LogP contribution in [-0.2, 0) is 9.53 Å². The van der Waals surface area contributed by atoms with Gasteiger partial charge in [0.1, 0.15) is 5.54 Å². The molecule has 0 saturated carbocycles. The number of hydrogen-bond acceptors (Lipinski definition) is 4. The van der Waals surface area contributed by atoms with Crippen molar-refractivity contribution in [1.82, 2.24) is 5.32 Å². The largest absolute Gasteiger partial charge is 0.379 e. The van der Waals surface area contributed by atoms with Crippen molar-refractivity contribution in [3.8, 4) is 0 Å². The molecule has 5 nitrogen and oxygen atoms in total. The summed E-state index contributed by atoms with van der Waals surface area (Å²) in [5, 5.41) is 2.65. The van der Waals surface area contributed by atoms with E-state index in [9.17, 15) is 4.79 Å². The van der Waals surface area contributed by atoms with E-state index < -0.39 is 5.54 Å². The predicted molar refractivity (Wildman–Crippen MR) is 44.4 cm³/mol. The van der Waals surface area contributed by atoms with E-state index in [1.807, 2.05) is 0 Å². The molecular weight excluding hydrogens is 158 g/mol. The van der Waals surface area contributed by atoms with Gasteiger partial charge in [-0.05, 0) is 6.42 Å². The second-order valence-corrected chi connectivity index (χ2v) is 3.00. The molecule has 1 saturated heterocycles. The van der Waals surface area contributed by atoms with Crippen molar-refractivity contribution in [1.29, 1.82) is 0 Å². The van der Waals surface area contributed by atoms with Crippen molar-refractivity contribution < 1.29 is 9.53 Å². The standard InChI is InChI=1S/C7H15N3O2/c8-2-3-10-6(11)7(9)1-4-12-5-7/h1-5,8-9H2,(H,10,11). The van der Waals surface area contributed by atoms with Crippen LogP contribution in [0.2, 0.25) is 0 Å².